The first-order chi connectivity index (χ1) is 16.5. The number of quaternary nitrogens is 1. The van der Waals surface area contributed by atoms with Crippen LogP contribution >= 0.6 is 0 Å². The number of amides is 1. The number of anilines is 1. The summed E-state index contributed by atoms with van der Waals surface area (Å²) in [5.41, 5.74) is 0.547. The van der Waals surface area contributed by atoms with Gasteiger partial charge < -0.3 is 36.0 Å². The summed E-state index contributed by atoms with van der Waals surface area (Å²) in [5.74, 6) is 1.39. The number of carbonyl (C=O) groups is 2. The summed E-state index contributed by atoms with van der Waals surface area (Å²) >= 11 is 0. The van der Waals surface area contributed by atoms with E-state index in [0.717, 1.165) is 57.2 Å². The Hall–Kier alpha value is -2.19. The van der Waals surface area contributed by atoms with Crippen molar-refractivity contribution in [1.29, 1.82) is 0 Å². The fourth-order valence-electron chi connectivity index (χ4n) is 6.44. The molecule has 4 fully saturated rings. The Morgan fingerprint density at radius 3 is 2.43 bits per heavy atom. The Morgan fingerprint density at radius 1 is 1.11 bits per heavy atom. The van der Waals surface area contributed by atoms with E-state index >= 15 is 0 Å². The van der Waals surface area contributed by atoms with E-state index < -0.39 is 5.41 Å². The highest BCUT2D eigenvalue weighted by Gasteiger charge is 2.51. The van der Waals surface area contributed by atoms with Crippen molar-refractivity contribution in [2.75, 3.05) is 31.5 Å². The Bertz CT molecular complexity index is 1010. The molecule has 1 atom stereocenters. The highest BCUT2D eigenvalue weighted by atomic mass is 79.9. The number of carbonyl (C=O) groups excluding carboxylic acids is 2. The lowest BCUT2D eigenvalue weighted by molar-refractivity contribution is -0.939. The number of esters is 1. The number of aromatic nitrogens is 1. The second kappa shape index (κ2) is 10.8. The van der Waals surface area contributed by atoms with Crippen LogP contribution < -0.4 is 22.3 Å². The number of hydrogen-bond acceptors (Lipinski definition) is 5. The van der Waals surface area contributed by atoms with Gasteiger partial charge in [-0.2, -0.15) is 0 Å². The predicted octanol–water partition coefficient (Wildman–Crippen LogP) is 1.37. The topological polar surface area (TPSA) is 81.4 Å². The lowest BCUT2D eigenvalue weighted by Gasteiger charge is -2.52. The lowest BCUT2D eigenvalue weighted by Crippen LogP contribution is -3.00. The average Bonchev–Trinajstić information content (AvgIpc) is 3.09. The van der Waals surface area contributed by atoms with Gasteiger partial charge in [0, 0.05) is 24.8 Å². The molecule has 8 heteroatoms. The van der Waals surface area contributed by atoms with E-state index in [1.54, 1.807) is 13.0 Å². The van der Waals surface area contributed by atoms with E-state index in [4.69, 9.17) is 9.26 Å². The van der Waals surface area contributed by atoms with Crippen LogP contribution in [0.5, 0.6) is 0 Å². The van der Waals surface area contributed by atoms with Crippen molar-refractivity contribution in [1.82, 2.24) is 5.16 Å². The van der Waals surface area contributed by atoms with E-state index in [1.807, 2.05) is 18.2 Å². The number of nitrogens with one attached hydrogen (secondary N) is 1. The normalized spacial score (nSPS) is 27.3. The molecule has 0 spiro atoms. The maximum Gasteiger partial charge on any atom is 0.317 e. The van der Waals surface area contributed by atoms with Crippen molar-refractivity contribution in [3.63, 3.8) is 0 Å². The van der Waals surface area contributed by atoms with Gasteiger partial charge in [-0.15, -0.1) is 0 Å². The molecule has 7 nitrogen and oxygen atoms in total. The average molecular weight is 547 g/mol. The first kappa shape index (κ1) is 25.9. The highest BCUT2D eigenvalue weighted by Crippen LogP contribution is 2.42. The van der Waals surface area contributed by atoms with Gasteiger partial charge in [0.25, 0.3) is 5.91 Å². The Kier molecular flexibility index (Phi) is 8.01. The maximum absolute atomic E-state index is 13.9. The molecule has 1 amide bonds. The van der Waals surface area contributed by atoms with Gasteiger partial charge in [0.05, 0.1) is 18.5 Å². The van der Waals surface area contributed by atoms with Crippen molar-refractivity contribution in [3.05, 3.63) is 47.7 Å². The maximum atomic E-state index is 13.9. The van der Waals surface area contributed by atoms with Gasteiger partial charge in [-0.05, 0) is 25.3 Å². The fourth-order valence-corrected chi connectivity index (χ4v) is 6.44. The SMILES string of the molecule is Cc1cc(NC(=O)C[N+]23CCC(CC2)[C@@H](OC(=O)C2(c4ccccc4)CCCCCC2)C3)no1.[Br-]. The molecule has 3 aliphatic heterocycles. The quantitative estimate of drug-likeness (QED) is 0.337. The fraction of sp³-hybridized carbons (Fsp3) is 0.593. The monoisotopic (exact) mass is 545 g/mol. The molecular weight excluding hydrogens is 510 g/mol. The molecule has 1 aromatic carbocycles. The largest absolute Gasteiger partial charge is 1.00 e. The van der Waals surface area contributed by atoms with Crippen LogP contribution in [0, 0.1) is 12.8 Å². The smallest absolute Gasteiger partial charge is 0.317 e. The minimum absolute atomic E-state index is 0. The molecule has 35 heavy (non-hydrogen) atoms. The number of piperidine rings is 3. The number of nitrogens with zero attached hydrogens (tertiary/aromatic N) is 2. The Labute approximate surface area is 217 Å². The number of halogens is 1. The summed E-state index contributed by atoms with van der Waals surface area (Å²) in [6.07, 6.45) is 8.03. The van der Waals surface area contributed by atoms with E-state index in [-0.39, 0.29) is 35.0 Å². The number of ether oxygens (including phenoxy) is 1. The van der Waals surface area contributed by atoms with Gasteiger partial charge in [-0.25, -0.2) is 0 Å². The van der Waals surface area contributed by atoms with Crippen LogP contribution in [0.3, 0.4) is 0 Å². The van der Waals surface area contributed by atoms with Crippen molar-refractivity contribution in [2.45, 2.75) is 69.8 Å². The van der Waals surface area contributed by atoms with Crippen LogP contribution in [0.4, 0.5) is 5.82 Å². The molecule has 1 aliphatic carbocycles. The lowest BCUT2D eigenvalue weighted by atomic mass is 9.74. The van der Waals surface area contributed by atoms with Gasteiger partial charge in [-0.3, -0.25) is 9.59 Å². The predicted molar refractivity (Wildman–Crippen MR) is 128 cm³/mol. The summed E-state index contributed by atoms with van der Waals surface area (Å²) in [6, 6.07) is 12.0. The third-order valence-corrected chi connectivity index (χ3v) is 8.35. The zero-order valence-corrected chi connectivity index (χ0v) is 22.1. The van der Waals surface area contributed by atoms with E-state index in [0.29, 0.717) is 35.1 Å². The molecule has 4 aliphatic rings. The third-order valence-electron chi connectivity index (χ3n) is 8.35. The number of benzene rings is 1. The second-order valence-corrected chi connectivity index (χ2v) is 10.6. The van der Waals surface area contributed by atoms with Gasteiger partial charge >= 0.3 is 5.97 Å². The van der Waals surface area contributed by atoms with E-state index in [2.05, 4.69) is 22.6 Å². The molecule has 190 valence electrons. The molecule has 0 unspecified atom stereocenters. The van der Waals surface area contributed by atoms with Gasteiger partial charge in [0.1, 0.15) is 12.3 Å². The van der Waals surface area contributed by atoms with Gasteiger partial charge in [-0.1, -0.05) is 61.2 Å². The summed E-state index contributed by atoms with van der Waals surface area (Å²) in [6.45, 7) is 4.79. The molecule has 1 N–H and O–H groups in total. The van der Waals surface area contributed by atoms with Gasteiger partial charge in [0.15, 0.2) is 18.5 Å². The molecule has 1 aromatic heterocycles. The molecule has 6 rings (SSSR count). The van der Waals surface area contributed by atoms with Crippen molar-refractivity contribution < 1.29 is 40.3 Å². The van der Waals surface area contributed by atoms with Crippen LogP contribution in [0.1, 0.15) is 62.7 Å². The summed E-state index contributed by atoms with van der Waals surface area (Å²) in [5, 5.41) is 6.74. The second-order valence-electron chi connectivity index (χ2n) is 10.6. The van der Waals surface area contributed by atoms with Gasteiger partial charge in [0.2, 0.25) is 0 Å². The highest BCUT2D eigenvalue weighted by molar-refractivity contribution is 5.90. The molecule has 2 bridgehead atoms. The Morgan fingerprint density at radius 2 is 1.80 bits per heavy atom. The van der Waals surface area contributed by atoms with Crippen molar-refractivity contribution in [3.8, 4) is 0 Å². The first-order valence-corrected chi connectivity index (χ1v) is 12.8. The number of aryl methyl sites for hydroxylation is 1. The summed E-state index contributed by atoms with van der Waals surface area (Å²) < 4.78 is 12.1. The molecular formula is C27H36BrN3O4. The summed E-state index contributed by atoms with van der Waals surface area (Å²) in [4.78, 5) is 26.7. The number of hydrogen-bond donors (Lipinski definition) is 1. The van der Waals surface area contributed by atoms with Crippen LogP contribution in [0.15, 0.2) is 40.9 Å². The van der Waals surface area contributed by atoms with E-state index in [1.165, 1.54) is 12.8 Å². The van der Waals surface area contributed by atoms with Crippen LogP contribution in [0.2, 0.25) is 0 Å². The molecule has 3 saturated heterocycles. The summed E-state index contributed by atoms with van der Waals surface area (Å²) in [7, 11) is 0. The van der Waals surface area contributed by atoms with Crippen LogP contribution in [0.25, 0.3) is 0 Å². The van der Waals surface area contributed by atoms with Crippen LogP contribution in [-0.4, -0.2) is 53.8 Å². The van der Waals surface area contributed by atoms with Crippen LogP contribution in [-0.2, 0) is 19.7 Å². The molecule has 4 heterocycles. The van der Waals surface area contributed by atoms with Crippen molar-refractivity contribution >= 4 is 17.7 Å². The minimum Gasteiger partial charge on any atom is -1.00 e. The Balaban J connectivity index is 0.00000289. The molecule has 1 saturated carbocycles. The molecule has 0 radical (unpaired) electrons. The zero-order valence-electron chi connectivity index (χ0n) is 20.5. The standard InChI is InChI=1S/C27H35N3O4.BrH/c1-20-17-24(29-34-20)28-25(31)19-30-15-11-21(12-16-30)23(18-30)33-26(32)27(13-7-2-3-8-14-27)22-9-5-4-6-10-22;/h4-6,9-10,17,21,23H,2-3,7-8,11-16,18-19H2,1H3;1H/t21?,23-,30?;/m0./s1. The zero-order chi connectivity index (χ0) is 23.6. The first-order valence-electron chi connectivity index (χ1n) is 12.8. The van der Waals surface area contributed by atoms with E-state index in [9.17, 15) is 9.59 Å². The minimum atomic E-state index is -0.545. The number of rotatable bonds is 6. The number of fused-ring (bicyclic) bond motifs is 3. The van der Waals surface area contributed by atoms with Crippen molar-refractivity contribution in [2.24, 2.45) is 5.92 Å². The third kappa shape index (κ3) is 5.48. The molecule has 2 aromatic rings.